The van der Waals surface area contributed by atoms with Crippen molar-refractivity contribution in [1.82, 2.24) is 0 Å². The van der Waals surface area contributed by atoms with Crippen LogP contribution in [0.1, 0.15) is 11.1 Å². The summed E-state index contributed by atoms with van der Waals surface area (Å²) >= 11 is 0. The summed E-state index contributed by atoms with van der Waals surface area (Å²) in [7, 11) is 1.26. The highest BCUT2D eigenvalue weighted by molar-refractivity contribution is 6.00. The van der Waals surface area contributed by atoms with E-state index in [0.717, 1.165) is 24.3 Å². The van der Waals surface area contributed by atoms with Gasteiger partial charge in [-0.3, -0.25) is 0 Å². The predicted octanol–water partition coefficient (Wildman–Crippen LogP) is 4.81. The number of aryl methyl sites for hydroxylation is 1. The van der Waals surface area contributed by atoms with Gasteiger partial charge in [0.05, 0.1) is 18.4 Å². The Balaban J connectivity index is 2.19. The molecule has 0 aromatic heterocycles. The van der Waals surface area contributed by atoms with E-state index in [2.05, 4.69) is 10.6 Å². The fraction of sp³-hybridized carbons (Fsp3) is 0.188. The number of nitrogens with one attached hydrogen (secondary N) is 2. The number of anilines is 2. The Labute approximate surface area is 135 Å². The molecule has 2 amide bonds. The topological polar surface area (TPSA) is 50.4 Å². The lowest BCUT2D eigenvalue weighted by atomic mass is 10.2. The molecular weight excluding hydrogens is 328 g/mol. The summed E-state index contributed by atoms with van der Waals surface area (Å²) in [5.41, 5.74) is -0.514. The molecule has 4 nitrogen and oxygen atoms in total. The molecule has 24 heavy (non-hydrogen) atoms. The van der Waals surface area contributed by atoms with E-state index in [1.165, 1.54) is 19.2 Å². The number of halogens is 4. The Kier molecular flexibility index (Phi) is 4.96. The smallest absolute Gasteiger partial charge is 0.416 e. The maximum absolute atomic E-state index is 13.4. The molecule has 2 aromatic rings. The first-order chi connectivity index (χ1) is 11.2. The van der Waals surface area contributed by atoms with Crippen molar-refractivity contribution in [3.8, 4) is 5.75 Å². The highest BCUT2D eigenvalue weighted by Gasteiger charge is 2.31. The van der Waals surface area contributed by atoms with Crippen molar-refractivity contribution in [1.29, 1.82) is 0 Å². The number of rotatable bonds is 3. The second-order valence-corrected chi connectivity index (χ2v) is 4.96. The number of alkyl halides is 3. The molecule has 0 aliphatic rings. The normalized spacial score (nSPS) is 11.1. The number of carbonyl (C=O) groups excluding carboxylic acids is 1. The summed E-state index contributed by atoms with van der Waals surface area (Å²) in [5, 5.41) is 4.60. The van der Waals surface area contributed by atoms with Gasteiger partial charge in [-0.2, -0.15) is 13.2 Å². The minimum Gasteiger partial charge on any atom is -0.495 e. The Morgan fingerprint density at radius 1 is 1.08 bits per heavy atom. The number of amides is 2. The molecule has 2 N–H and O–H groups in total. The number of methoxy groups -OCH3 is 1. The molecule has 2 rings (SSSR count). The van der Waals surface area contributed by atoms with Crippen LogP contribution in [0.15, 0.2) is 36.4 Å². The van der Waals surface area contributed by atoms with Gasteiger partial charge in [0.1, 0.15) is 11.6 Å². The monoisotopic (exact) mass is 342 g/mol. The first-order valence-electron chi connectivity index (χ1n) is 6.80. The number of benzene rings is 2. The second-order valence-electron chi connectivity index (χ2n) is 4.96. The molecule has 0 aliphatic carbocycles. The first-order valence-corrected chi connectivity index (χ1v) is 6.80. The zero-order valence-corrected chi connectivity index (χ0v) is 12.8. The van der Waals surface area contributed by atoms with Crippen LogP contribution in [-0.2, 0) is 6.18 Å². The summed E-state index contributed by atoms with van der Waals surface area (Å²) in [6.07, 6.45) is -4.56. The van der Waals surface area contributed by atoms with Crippen molar-refractivity contribution in [3.05, 3.63) is 53.3 Å². The highest BCUT2D eigenvalue weighted by Crippen LogP contribution is 2.35. The predicted molar refractivity (Wildman–Crippen MR) is 81.8 cm³/mol. The van der Waals surface area contributed by atoms with Crippen LogP contribution in [-0.4, -0.2) is 13.1 Å². The van der Waals surface area contributed by atoms with Crippen LogP contribution >= 0.6 is 0 Å². The van der Waals surface area contributed by atoms with Crippen molar-refractivity contribution in [2.45, 2.75) is 13.1 Å². The number of hydrogen-bond acceptors (Lipinski definition) is 2. The molecule has 128 valence electrons. The molecule has 0 atom stereocenters. The Bertz CT molecular complexity index is 760. The first kappa shape index (κ1) is 17.6. The van der Waals surface area contributed by atoms with E-state index >= 15 is 0 Å². The van der Waals surface area contributed by atoms with E-state index in [4.69, 9.17) is 4.74 Å². The van der Waals surface area contributed by atoms with E-state index in [9.17, 15) is 22.4 Å². The summed E-state index contributed by atoms with van der Waals surface area (Å²) in [6, 6.07) is 5.93. The molecule has 0 saturated carbocycles. The van der Waals surface area contributed by atoms with Crippen molar-refractivity contribution < 1.29 is 27.1 Å². The van der Waals surface area contributed by atoms with E-state index in [1.54, 1.807) is 6.92 Å². The van der Waals surface area contributed by atoms with Crippen LogP contribution in [0.5, 0.6) is 5.75 Å². The van der Waals surface area contributed by atoms with Crippen molar-refractivity contribution in [2.75, 3.05) is 17.7 Å². The average molecular weight is 342 g/mol. The number of carbonyl (C=O) groups is 1. The Morgan fingerprint density at radius 2 is 1.79 bits per heavy atom. The average Bonchev–Trinajstić information content (AvgIpc) is 2.50. The van der Waals surface area contributed by atoms with Gasteiger partial charge in [-0.1, -0.05) is 6.07 Å². The minimum absolute atomic E-state index is 0.0632. The van der Waals surface area contributed by atoms with Gasteiger partial charge in [0.25, 0.3) is 0 Å². The molecule has 0 fully saturated rings. The lowest BCUT2D eigenvalue weighted by molar-refractivity contribution is -0.137. The lowest BCUT2D eigenvalue weighted by Crippen LogP contribution is -2.20. The zero-order chi connectivity index (χ0) is 17.9. The van der Waals surface area contributed by atoms with E-state index in [-0.39, 0.29) is 17.1 Å². The summed E-state index contributed by atoms with van der Waals surface area (Å²) < 4.78 is 56.6. The number of urea groups is 1. The Hall–Kier alpha value is -2.77. The maximum atomic E-state index is 13.4. The number of hydrogen-bond donors (Lipinski definition) is 2. The fourth-order valence-corrected chi connectivity index (χ4v) is 1.94. The number of ether oxygens (including phenoxy) is 1. The highest BCUT2D eigenvalue weighted by atomic mass is 19.4. The lowest BCUT2D eigenvalue weighted by Gasteiger charge is -2.14. The van der Waals surface area contributed by atoms with Crippen molar-refractivity contribution >= 4 is 17.4 Å². The van der Waals surface area contributed by atoms with Crippen molar-refractivity contribution in [2.24, 2.45) is 0 Å². The van der Waals surface area contributed by atoms with Gasteiger partial charge in [-0.15, -0.1) is 0 Å². The fourth-order valence-electron chi connectivity index (χ4n) is 1.94. The molecule has 0 aliphatic heterocycles. The summed E-state index contributed by atoms with van der Waals surface area (Å²) in [6.45, 7) is 1.56. The quantitative estimate of drug-likeness (QED) is 0.787. The van der Waals surface area contributed by atoms with Gasteiger partial charge < -0.3 is 15.4 Å². The maximum Gasteiger partial charge on any atom is 0.416 e. The van der Waals surface area contributed by atoms with E-state index in [1.807, 2.05) is 0 Å². The molecule has 0 radical (unpaired) electrons. The molecule has 0 bridgehead atoms. The van der Waals surface area contributed by atoms with Gasteiger partial charge in [0, 0.05) is 5.69 Å². The van der Waals surface area contributed by atoms with E-state index < -0.39 is 23.6 Å². The SMILES string of the molecule is COc1ccc(C(F)(F)F)cc1NC(=O)Nc1ccc(C)c(F)c1. The van der Waals surface area contributed by atoms with Gasteiger partial charge in [-0.25, -0.2) is 9.18 Å². The minimum atomic E-state index is -4.56. The van der Waals surface area contributed by atoms with Gasteiger partial charge >= 0.3 is 12.2 Å². The molecular formula is C16H14F4N2O2. The van der Waals surface area contributed by atoms with Crippen LogP contribution in [0.2, 0.25) is 0 Å². The van der Waals surface area contributed by atoms with Crippen molar-refractivity contribution in [3.63, 3.8) is 0 Å². The van der Waals surface area contributed by atoms with E-state index in [0.29, 0.717) is 5.56 Å². The van der Waals surface area contributed by atoms with Crippen LogP contribution in [0.4, 0.5) is 33.7 Å². The third-order valence-corrected chi connectivity index (χ3v) is 3.20. The van der Waals surface area contributed by atoms with Crippen LogP contribution in [0, 0.1) is 12.7 Å². The standard InChI is InChI=1S/C16H14F4N2O2/c1-9-3-5-11(8-12(9)17)21-15(23)22-13-7-10(16(18,19)20)4-6-14(13)24-2/h3-8H,1-2H3,(H2,21,22,23). The van der Waals surface area contributed by atoms with Gasteiger partial charge in [0.15, 0.2) is 0 Å². The second kappa shape index (κ2) is 6.77. The zero-order valence-electron chi connectivity index (χ0n) is 12.8. The van der Waals surface area contributed by atoms with Gasteiger partial charge in [-0.05, 0) is 42.8 Å². The molecule has 8 heteroatoms. The van der Waals surface area contributed by atoms with Crippen LogP contribution < -0.4 is 15.4 Å². The third kappa shape index (κ3) is 4.15. The van der Waals surface area contributed by atoms with Crippen LogP contribution in [0.3, 0.4) is 0 Å². The molecule has 0 unspecified atom stereocenters. The van der Waals surface area contributed by atoms with Crippen LogP contribution in [0.25, 0.3) is 0 Å². The molecule has 0 heterocycles. The third-order valence-electron chi connectivity index (χ3n) is 3.20. The van der Waals surface area contributed by atoms with Gasteiger partial charge in [0.2, 0.25) is 0 Å². The Morgan fingerprint density at radius 3 is 2.38 bits per heavy atom. The summed E-state index contributed by atoms with van der Waals surface area (Å²) in [5.74, 6) is -0.447. The molecule has 2 aromatic carbocycles. The molecule has 0 saturated heterocycles. The summed E-state index contributed by atoms with van der Waals surface area (Å²) in [4.78, 5) is 11.9. The largest absolute Gasteiger partial charge is 0.495 e. The molecule has 0 spiro atoms.